The molecule has 1 aromatic rings. The normalized spacial score (nSPS) is 22.5. The molecular formula is C21H23F4N3O4S. The molecule has 0 bridgehead atoms. The van der Waals surface area contributed by atoms with Gasteiger partial charge in [0.15, 0.2) is 9.84 Å². The highest BCUT2D eigenvalue weighted by molar-refractivity contribution is 7.92. The summed E-state index contributed by atoms with van der Waals surface area (Å²) in [5.74, 6) is -2.54. The molecule has 1 saturated carbocycles. The predicted octanol–water partition coefficient (Wildman–Crippen LogP) is 2.81. The van der Waals surface area contributed by atoms with Crippen molar-refractivity contribution in [3.63, 3.8) is 0 Å². The van der Waals surface area contributed by atoms with E-state index in [0.717, 1.165) is 4.90 Å². The standard InChI is InChI=1S/C21H23F4N3O4S/c1-19(2,3)18(30)28-10-13(9-15(28)17(29)27-20(11-26)6-7-20)33(31,32)16-5-4-12(22)8-14(16)21(23,24)25/h4-5,8,13,15H,6-7,9-10H2,1-3H3,(H,27,29). The lowest BCUT2D eigenvalue weighted by atomic mass is 9.94. The number of amides is 2. The Kier molecular flexibility index (Phi) is 6.03. The molecule has 1 saturated heterocycles. The van der Waals surface area contributed by atoms with Gasteiger partial charge in [-0.2, -0.15) is 18.4 Å². The summed E-state index contributed by atoms with van der Waals surface area (Å²) >= 11 is 0. The monoisotopic (exact) mass is 489 g/mol. The van der Waals surface area contributed by atoms with Crippen molar-refractivity contribution in [3.05, 3.63) is 29.6 Å². The second-order valence-electron chi connectivity index (χ2n) is 9.45. The molecule has 12 heteroatoms. The van der Waals surface area contributed by atoms with Gasteiger partial charge in [0, 0.05) is 12.0 Å². The van der Waals surface area contributed by atoms with Gasteiger partial charge in [-0.3, -0.25) is 9.59 Å². The van der Waals surface area contributed by atoms with Crippen LogP contribution in [0.2, 0.25) is 0 Å². The van der Waals surface area contributed by atoms with Gasteiger partial charge in [-0.25, -0.2) is 12.8 Å². The number of likely N-dealkylation sites (tertiary alicyclic amines) is 1. The maximum absolute atomic E-state index is 13.5. The van der Waals surface area contributed by atoms with Gasteiger partial charge in [0.2, 0.25) is 11.8 Å². The van der Waals surface area contributed by atoms with E-state index >= 15 is 0 Å². The summed E-state index contributed by atoms with van der Waals surface area (Å²) in [7, 11) is -4.71. The first-order valence-electron chi connectivity index (χ1n) is 10.2. The molecule has 2 atom stereocenters. The molecule has 3 rings (SSSR count). The first-order valence-corrected chi connectivity index (χ1v) is 11.7. The van der Waals surface area contributed by atoms with Crippen LogP contribution in [0.4, 0.5) is 17.6 Å². The Morgan fingerprint density at radius 3 is 2.30 bits per heavy atom. The third-order valence-electron chi connectivity index (χ3n) is 5.79. The number of rotatable bonds is 4. The number of nitrogens with zero attached hydrogens (tertiary/aromatic N) is 2. The molecule has 0 spiro atoms. The molecule has 1 aliphatic heterocycles. The second kappa shape index (κ2) is 7.97. The lowest BCUT2D eigenvalue weighted by molar-refractivity contribution is -0.144. The Bertz CT molecular complexity index is 1130. The van der Waals surface area contributed by atoms with Gasteiger partial charge >= 0.3 is 6.18 Å². The third kappa shape index (κ3) is 4.83. The summed E-state index contributed by atoms with van der Waals surface area (Å²) in [5.41, 5.74) is -3.73. The molecule has 33 heavy (non-hydrogen) atoms. The van der Waals surface area contributed by atoms with E-state index in [1.165, 1.54) is 0 Å². The lowest BCUT2D eigenvalue weighted by Gasteiger charge is -2.30. The smallest absolute Gasteiger partial charge is 0.336 e. The summed E-state index contributed by atoms with van der Waals surface area (Å²) in [6.45, 7) is 4.17. The number of benzene rings is 1. The first kappa shape index (κ1) is 25.0. The third-order valence-corrected chi connectivity index (χ3v) is 7.97. The maximum atomic E-state index is 13.5. The summed E-state index contributed by atoms with van der Waals surface area (Å²) in [5, 5.41) is 10.2. The number of alkyl halides is 3. The van der Waals surface area contributed by atoms with Crippen molar-refractivity contribution in [2.45, 2.75) is 67.9 Å². The van der Waals surface area contributed by atoms with Gasteiger partial charge < -0.3 is 10.2 Å². The number of carbonyl (C=O) groups excluding carboxylic acids is 2. The molecule has 1 N–H and O–H groups in total. The molecule has 0 radical (unpaired) electrons. The minimum absolute atomic E-state index is 0.105. The van der Waals surface area contributed by atoms with Gasteiger partial charge in [0.25, 0.3) is 0 Å². The van der Waals surface area contributed by atoms with Gasteiger partial charge in [0.05, 0.1) is 21.8 Å². The van der Waals surface area contributed by atoms with Crippen LogP contribution in [0.1, 0.15) is 45.6 Å². The number of carbonyl (C=O) groups is 2. The zero-order valence-corrected chi connectivity index (χ0v) is 19.0. The molecule has 2 aliphatic rings. The number of halogens is 4. The van der Waals surface area contributed by atoms with Crippen molar-refractivity contribution in [1.82, 2.24) is 10.2 Å². The average molecular weight is 489 g/mol. The fourth-order valence-electron chi connectivity index (χ4n) is 3.79. The van der Waals surface area contributed by atoms with Crippen molar-refractivity contribution in [2.24, 2.45) is 5.41 Å². The fourth-order valence-corrected chi connectivity index (χ4v) is 5.68. The summed E-state index contributed by atoms with van der Waals surface area (Å²) in [6, 6.07) is 1.95. The Morgan fingerprint density at radius 2 is 1.82 bits per heavy atom. The Labute approximate surface area is 188 Å². The van der Waals surface area contributed by atoms with E-state index in [4.69, 9.17) is 0 Å². The minimum Gasteiger partial charge on any atom is -0.336 e. The van der Waals surface area contributed by atoms with Crippen LogP contribution in [0, 0.1) is 22.6 Å². The quantitative estimate of drug-likeness (QED) is 0.517. The van der Waals surface area contributed by atoms with Crippen molar-refractivity contribution >= 4 is 21.7 Å². The fraction of sp³-hybridized carbons (Fsp3) is 0.571. The number of hydrogen-bond acceptors (Lipinski definition) is 5. The topological polar surface area (TPSA) is 107 Å². The largest absolute Gasteiger partial charge is 0.417 e. The van der Waals surface area contributed by atoms with Crippen molar-refractivity contribution in [1.29, 1.82) is 5.26 Å². The SMILES string of the molecule is CC(C)(C)C(=O)N1CC(S(=O)(=O)c2ccc(F)cc2C(F)(F)F)CC1C(=O)NC1(C#N)CC1. The highest BCUT2D eigenvalue weighted by atomic mass is 32.2. The second-order valence-corrected chi connectivity index (χ2v) is 11.6. The number of nitriles is 1. The minimum atomic E-state index is -5.13. The summed E-state index contributed by atoms with van der Waals surface area (Å²) < 4.78 is 80.3. The number of sulfone groups is 1. The van der Waals surface area contributed by atoms with Gasteiger partial charge in [-0.05, 0) is 37.5 Å². The lowest BCUT2D eigenvalue weighted by Crippen LogP contribution is -2.51. The summed E-state index contributed by atoms with van der Waals surface area (Å²) in [4.78, 5) is 25.8. The van der Waals surface area contributed by atoms with Crippen LogP contribution in [0.3, 0.4) is 0 Å². The highest BCUT2D eigenvalue weighted by Gasteiger charge is 2.52. The van der Waals surface area contributed by atoms with Gasteiger partial charge in [-0.1, -0.05) is 20.8 Å². The van der Waals surface area contributed by atoms with Crippen LogP contribution in [-0.4, -0.2) is 48.5 Å². The Morgan fingerprint density at radius 1 is 1.21 bits per heavy atom. The molecular weight excluding hydrogens is 466 g/mol. The summed E-state index contributed by atoms with van der Waals surface area (Å²) in [6.07, 6.45) is -4.78. The van der Waals surface area contributed by atoms with E-state index in [0.29, 0.717) is 25.0 Å². The number of hydrogen-bond donors (Lipinski definition) is 1. The molecule has 2 amide bonds. The van der Waals surface area contributed by atoms with Crippen molar-refractivity contribution in [3.8, 4) is 6.07 Å². The van der Waals surface area contributed by atoms with Crippen LogP contribution in [-0.2, 0) is 25.6 Å². The van der Waals surface area contributed by atoms with Crippen LogP contribution >= 0.6 is 0 Å². The molecule has 1 aliphatic carbocycles. The Hall–Kier alpha value is -2.68. The maximum Gasteiger partial charge on any atom is 0.417 e. The zero-order valence-electron chi connectivity index (χ0n) is 18.2. The highest BCUT2D eigenvalue weighted by Crippen LogP contribution is 2.39. The van der Waals surface area contributed by atoms with E-state index in [-0.39, 0.29) is 6.07 Å². The van der Waals surface area contributed by atoms with Crippen molar-refractivity contribution in [2.75, 3.05) is 6.54 Å². The van der Waals surface area contributed by atoms with E-state index in [2.05, 4.69) is 5.32 Å². The van der Waals surface area contributed by atoms with Gasteiger partial charge in [0.1, 0.15) is 17.4 Å². The van der Waals surface area contributed by atoms with Crippen LogP contribution < -0.4 is 5.32 Å². The van der Waals surface area contributed by atoms with Crippen LogP contribution in [0.5, 0.6) is 0 Å². The molecule has 180 valence electrons. The van der Waals surface area contributed by atoms with Crippen LogP contribution in [0.25, 0.3) is 0 Å². The molecule has 2 fully saturated rings. The molecule has 0 aromatic heterocycles. The van der Waals surface area contributed by atoms with Gasteiger partial charge in [-0.15, -0.1) is 0 Å². The van der Waals surface area contributed by atoms with E-state index < -0.39 is 79.3 Å². The zero-order chi connectivity index (χ0) is 25.0. The first-order chi connectivity index (χ1) is 15.0. The van der Waals surface area contributed by atoms with Crippen molar-refractivity contribution < 1.29 is 35.6 Å². The van der Waals surface area contributed by atoms with E-state index in [1.54, 1.807) is 20.8 Å². The van der Waals surface area contributed by atoms with Crippen LogP contribution in [0.15, 0.2) is 23.1 Å². The molecule has 7 nitrogen and oxygen atoms in total. The average Bonchev–Trinajstić information content (AvgIpc) is 3.31. The molecule has 2 unspecified atom stereocenters. The molecule has 1 heterocycles. The number of nitrogens with one attached hydrogen (secondary N) is 1. The predicted molar refractivity (Wildman–Crippen MR) is 108 cm³/mol. The van der Waals surface area contributed by atoms with E-state index in [1.807, 2.05) is 6.07 Å². The Balaban J connectivity index is 2.00. The molecule has 1 aromatic carbocycles. The van der Waals surface area contributed by atoms with E-state index in [9.17, 15) is 40.8 Å².